The van der Waals surface area contributed by atoms with Crippen molar-refractivity contribution < 1.29 is 18.7 Å². The second-order valence-electron chi connectivity index (χ2n) is 7.29. The molecule has 3 aromatic carbocycles. The van der Waals surface area contributed by atoms with Crippen LogP contribution in [0.1, 0.15) is 25.8 Å². The maximum absolute atomic E-state index is 13.4. The first-order chi connectivity index (χ1) is 16.4. The number of ketones is 1. The van der Waals surface area contributed by atoms with E-state index in [1.165, 1.54) is 24.5 Å². The molecule has 0 atom stereocenters. The van der Waals surface area contributed by atoms with Gasteiger partial charge in [-0.15, -0.1) is 11.3 Å². The summed E-state index contributed by atoms with van der Waals surface area (Å²) in [6, 6.07) is 17.1. The van der Waals surface area contributed by atoms with Gasteiger partial charge in [0.15, 0.2) is 5.76 Å². The van der Waals surface area contributed by atoms with Crippen molar-refractivity contribution in [3.05, 3.63) is 91.9 Å². The van der Waals surface area contributed by atoms with E-state index in [4.69, 9.17) is 44.0 Å². The Balaban J connectivity index is 1.59. The van der Waals surface area contributed by atoms with E-state index >= 15 is 0 Å². The highest BCUT2D eigenvalue weighted by molar-refractivity contribution is 7.21. The molecular weight excluding hydrogens is 517 g/mol. The molecule has 0 saturated heterocycles. The zero-order valence-corrected chi connectivity index (χ0v) is 20.5. The number of fused-ring (bicyclic) bond motifs is 2. The van der Waals surface area contributed by atoms with E-state index in [1.807, 2.05) is 6.07 Å². The van der Waals surface area contributed by atoms with Crippen LogP contribution in [0.15, 0.2) is 65.1 Å². The number of thiophene rings is 1. The number of furan rings is 1. The molecule has 34 heavy (non-hydrogen) atoms. The third kappa shape index (κ3) is 3.83. The van der Waals surface area contributed by atoms with Gasteiger partial charge in [0.2, 0.25) is 5.78 Å². The summed E-state index contributed by atoms with van der Waals surface area (Å²) in [5.41, 5.74) is 0.982. The number of para-hydroxylation sites is 1. The van der Waals surface area contributed by atoms with Crippen molar-refractivity contribution in [2.24, 2.45) is 0 Å². The maximum atomic E-state index is 13.4. The van der Waals surface area contributed by atoms with Crippen LogP contribution in [0.25, 0.3) is 21.1 Å². The van der Waals surface area contributed by atoms with Gasteiger partial charge >= 0.3 is 0 Å². The van der Waals surface area contributed by atoms with Gasteiger partial charge in [0, 0.05) is 21.0 Å². The summed E-state index contributed by atoms with van der Waals surface area (Å²) < 4.78 is 11.8. The minimum atomic E-state index is -0.476. The molecule has 1 N–H and O–H groups in total. The van der Waals surface area contributed by atoms with Crippen molar-refractivity contribution >= 4 is 84.6 Å². The van der Waals surface area contributed by atoms with E-state index in [-0.39, 0.29) is 31.9 Å². The van der Waals surface area contributed by atoms with Crippen LogP contribution in [0, 0.1) is 0 Å². The Kier molecular flexibility index (Phi) is 6.00. The van der Waals surface area contributed by atoms with Crippen molar-refractivity contribution in [2.75, 3.05) is 12.4 Å². The number of rotatable bonds is 5. The molecule has 5 aromatic rings. The van der Waals surface area contributed by atoms with Gasteiger partial charge in [0.25, 0.3) is 5.91 Å². The number of carbonyl (C=O) groups excluding carboxylic acids is 2. The fourth-order valence-corrected chi connectivity index (χ4v) is 5.76. The highest BCUT2D eigenvalue weighted by Crippen LogP contribution is 2.41. The quantitative estimate of drug-likeness (QED) is 0.233. The van der Waals surface area contributed by atoms with Crippen LogP contribution < -0.4 is 10.1 Å². The van der Waals surface area contributed by atoms with Gasteiger partial charge in [-0.1, -0.05) is 53.0 Å². The van der Waals surface area contributed by atoms with Gasteiger partial charge in [-0.2, -0.15) is 0 Å². The van der Waals surface area contributed by atoms with E-state index in [0.717, 1.165) is 4.70 Å². The smallest absolute Gasteiger partial charge is 0.267 e. The summed E-state index contributed by atoms with van der Waals surface area (Å²) in [6.07, 6.45) is 0. The Morgan fingerprint density at radius 3 is 2.50 bits per heavy atom. The minimum Gasteiger partial charge on any atom is -0.495 e. The number of anilines is 1. The average molecular weight is 531 g/mol. The van der Waals surface area contributed by atoms with Gasteiger partial charge in [0.1, 0.15) is 16.2 Å². The summed E-state index contributed by atoms with van der Waals surface area (Å²) in [6.45, 7) is 0. The third-order valence-corrected chi connectivity index (χ3v) is 7.52. The van der Waals surface area contributed by atoms with Crippen LogP contribution in [0.2, 0.25) is 15.1 Å². The summed E-state index contributed by atoms with van der Waals surface area (Å²) >= 11 is 20.2. The monoisotopic (exact) mass is 529 g/mol. The molecule has 170 valence electrons. The predicted molar refractivity (Wildman–Crippen MR) is 137 cm³/mol. The largest absolute Gasteiger partial charge is 0.495 e. The highest BCUT2D eigenvalue weighted by atomic mass is 35.5. The van der Waals surface area contributed by atoms with Gasteiger partial charge in [-0.05, 0) is 42.5 Å². The SMILES string of the molecule is COc1ccc(C(=O)c2oc3ccccc3c2NC(=O)c2sc3cccc(Cl)c3c2Cl)cc1Cl. The summed E-state index contributed by atoms with van der Waals surface area (Å²) in [7, 11) is 1.49. The molecule has 0 aliphatic rings. The lowest BCUT2D eigenvalue weighted by atomic mass is 10.1. The second-order valence-corrected chi connectivity index (χ2v) is 9.54. The topological polar surface area (TPSA) is 68.5 Å². The first-order valence-electron chi connectivity index (χ1n) is 9.96. The van der Waals surface area contributed by atoms with E-state index in [1.54, 1.807) is 48.5 Å². The van der Waals surface area contributed by atoms with E-state index in [9.17, 15) is 9.59 Å². The molecule has 0 spiro atoms. The molecule has 0 aliphatic heterocycles. The Morgan fingerprint density at radius 1 is 0.971 bits per heavy atom. The molecule has 9 heteroatoms. The van der Waals surface area contributed by atoms with Crippen LogP contribution in [0.4, 0.5) is 5.69 Å². The molecular formula is C25H14Cl3NO4S. The molecule has 0 bridgehead atoms. The normalized spacial score (nSPS) is 11.2. The molecule has 5 rings (SSSR count). The average Bonchev–Trinajstić information content (AvgIpc) is 3.37. The number of hydrogen-bond donors (Lipinski definition) is 1. The number of nitrogens with one attached hydrogen (secondary N) is 1. The fourth-order valence-electron chi connectivity index (χ4n) is 3.66. The summed E-state index contributed by atoms with van der Waals surface area (Å²) in [4.78, 5) is 26.9. The molecule has 5 nitrogen and oxygen atoms in total. The van der Waals surface area contributed by atoms with Crippen LogP contribution in [-0.4, -0.2) is 18.8 Å². The molecule has 0 radical (unpaired) electrons. The zero-order valence-electron chi connectivity index (χ0n) is 17.4. The van der Waals surface area contributed by atoms with Crippen molar-refractivity contribution in [2.45, 2.75) is 0 Å². The van der Waals surface area contributed by atoms with Crippen molar-refractivity contribution in [3.8, 4) is 5.75 Å². The number of methoxy groups -OCH3 is 1. The number of hydrogen-bond acceptors (Lipinski definition) is 5. The first-order valence-corrected chi connectivity index (χ1v) is 11.9. The van der Waals surface area contributed by atoms with Crippen LogP contribution >= 0.6 is 46.1 Å². The molecule has 2 aromatic heterocycles. The van der Waals surface area contributed by atoms with Gasteiger partial charge in [-0.3, -0.25) is 9.59 Å². The van der Waals surface area contributed by atoms with Crippen molar-refractivity contribution in [1.82, 2.24) is 0 Å². The zero-order chi connectivity index (χ0) is 24.0. The van der Waals surface area contributed by atoms with Gasteiger partial charge in [-0.25, -0.2) is 0 Å². The molecule has 0 saturated carbocycles. The predicted octanol–water partition coefficient (Wildman–Crippen LogP) is 8.10. The third-order valence-electron chi connectivity index (χ3n) is 5.27. The maximum Gasteiger partial charge on any atom is 0.267 e. The fraction of sp³-hybridized carbons (Fsp3) is 0.0400. The molecule has 0 unspecified atom stereocenters. The van der Waals surface area contributed by atoms with E-state index < -0.39 is 11.7 Å². The lowest BCUT2D eigenvalue weighted by Crippen LogP contribution is -2.13. The van der Waals surface area contributed by atoms with Crippen LogP contribution in [0.5, 0.6) is 5.75 Å². The lowest BCUT2D eigenvalue weighted by Gasteiger charge is -2.07. The van der Waals surface area contributed by atoms with E-state index in [2.05, 4.69) is 5.32 Å². The molecule has 0 aliphatic carbocycles. The number of ether oxygens (including phenoxy) is 1. The van der Waals surface area contributed by atoms with E-state index in [0.29, 0.717) is 27.1 Å². The number of halogens is 3. The lowest BCUT2D eigenvalue weighted by molar-refractivity contribution is 0.101. The van der Waals surface area contributed by atoms with Gasteiger partial charge in [0.05, 0.1) is 27.9 Å². The minimum absolute atomic E-state index is 0.0222. The number of benzene rings is 3. The Morgan fingerprint density at radius 2 is 1.76 bits per heavy atom. The van der Waals surface area contributed by atoms with Crippen molar-refractivity contribution in [1.29, 1.82) is 0 Å². The Hall–Kier alpha value is -3.03. The molecule has 1 amide bonds. The number of amides is 1. The van der Waals surface area contributed by atoms with Crippen LogP contribution in [-0.2, 0) is 0 Å². The number of carbonyl (C=O) groups is 2. The Labute approximate surface area is 212 Å². The van der Waals surface area contributed by atoms with Crippen molar-refractivity contribution in [3.63, 3.8) is 0 Å². The summed E-state index contributed by atoms with van der Waals surface area (Å²) in [5.74, 6) is -0.502. The standard InChI is InChI=1S/C25H14Cl3NO4S/c1-32-17-10-9-12(11-15(17)27)22(30)23-21(13-5-2-3-7-16(13)33-23)29-25(31)24-20(28)19-14(26)6-4-8-18(19)34-24/h2-11H,1H3,(H,29,31). The second kappa shape index (κ2) is 8.96. The highest BCUT2D eigenvalue weighted by Gasteiger charge is 2.26. The first kappa shape index (κ1) is 22.7. The summed E-state index contributed by atoms with van der Waals surface area (Å²) in [5, 5.41) is 5.02. The van der Waals surface area contributed by atoms with Gasteiger partial charge < -0.3 is 14.5 Å². The Bertz CT molecular complexity index is 1610. The molecule has 0 fully saturated rings. The molecule has 2 heterocycles. The van der Waals surface area contributed by atoms with Crippen LogP contribution in [0.3, 0.4) is 0 Å².